The van der Waals surface area contributed by atoms with Gasteiger partial charge < -0.3 is 16.4 Å². The van der Waals surface area contributed by atoms with Crippen LogP contribution in [0.5, 0.6) is 0 Å². The van der Waals surface area contributed by atoms with Crippen molar-refractivity contribution in [1.29, 1.82) is 0 Å². The van der Waals surface area contributed by atoms with Crippen LogP contribution in [-0.2, 0) is 16.1 Å². The Bertz CT molecular complexity index is 405. The number of anilines is 1. The first kappa shape index (κ1) is 13.4. The van der Waals surface area contributed by atoms with Crippen molar-refractivity contribution < 1.29 is 9.59 Å². The van der Waals surface area contributed by atoms with E-state index in [2.05, 4.69) is 15.6 Å². The van der Waals surface area contributed by atoms with Gasteiger partial charge in [-0.2, -0.15) is 0 Å². The number of hydrogen-bond acceptors (Lipinski definition) is 5. The Balaban J connectivity index is 2.44. The maximum atomic E-state index is 11.7. The lowest BCUT2D eigenvalue weighted by Crippen LogP contribution is -2.45. The van der Waals surface area contributed by atoms with Gasteiger partial charge in [-0.1, -0.05) is 6.92 Å². The van der Waals surface area contributed by atoms with E-state index in [9.17, 15) is 9.59 Å². The van der Waals surface area contributed by atoms with Gasteiger partial charge in [0.2, 0.25) is 11.8 Å². The molecule has 0 saturated carbocycles. The molecule has 4 N–H and O–H groups in total. The summed E-state index contributed by atoms with van der Waals surface area (Å²) in [5, 5.41) is 7.54. The molecule has 2 amide bonds. The van der Waals surface area contributed by atoms with Crippen LogP contribution < -0.4 is 16.4 Å². The number of nitrogens with zero attached hydrogens (tertiary/aromatic N) is 1. The van der Waals surface area contributed by atoms with Gasteiger partial charge in [0.15, 0.2) is 5.13 Å². The fourth-order valence-corrected chi connectivity index (χ4v) is 1.87. The molecule has 7 heteroatoms. The predicted octanol–water partition coefficient (Wildman–Crippen LogP) is 0.256. The molecule has 0 spiro atoms. The molecule has 0 aromatic carbocycles. The van der Waals surface area contributed by atoms with E-state index in [0.29, 0.717) is 18.1 Å². The van der Waals surface area contributed by atoms with E-state index in [1.165, 1.54) is 18.3 Å². The highest BCUT2D eigenvalue weighted by Gasteiger charge is 2.16. The molecule has 1 rings (SSSR count). The highest BCUT2D eigenvalue weighted by molar-refractivity contribution is 7.13. The minimum Gasteiger partial charge on any atom is -0.375 e. The van der Waals surface area contributed by atoms with E-state index in [1.807, 2.05) is 6.92 Å². The highest BCUT2D eigenvalue weighted by Crippen LogP contribution is 2.10. The number of carbonyl (C=O) groups excluding carboxylic acids is 2. The largest absolute Gasteiger partial charge is 0.375 e. The monoisotopic (exact) mass is 256 g/mol. The second-order valence-electron chi connectivity index (χ2n) is 3.56. The Morgan fingerprint density at radius 1 is 1.59 bits per heavy atom. The first-order valence-electron chi connectivity index (χ1n) is 5.27. The summed E-state index contributed by atoms with van der Waals surface area (Å²) >= 11 is 1.33. The van der Waals surface area contributed by atoms with Crippen LogP contribution >= 0.6 is 11.3 Å². The summed E-state index contributed by atoms with van der Waals surface area (Å²) in [4.78, 5) is 26.6. The van der Waals surface area contributed by atoms with Gasteiger partial charge >= 0.3 is 0 Å². The second-order valence-corrected chi connectivity index (χ2v) is 4.45. The van der Waals surface area contributed by atoms with E-state index in [-0.39, 0.29) is 11.8 Å². The molecule has 0 fully saturated rings. The van der Waals surface area contributed by atoms with Crippen LogP contribution in [0.2, 0.25) is 0 Å². The maximum Gasteiger partial charge on any atom is 0.242 e. The minimum atomic E-state index is -0.497. The third-order valence-electron chi connectivity index (χ3n) is 2.12. The SMILES string of the molecule is CC[C@H](NC(C)=O)C(=O)NCc1csc(N)n1. The van der Waals surface area contributed by atoms with Crippen LogP contribution in [0.3, 0.4) is 0 Å². The van der Waals surface area contributed by atoms with Crippen molar-refractivity contribution in [2.45, 2.75) is 32.9 Å². The number of thiazole rings is 1. The molecule has 17 heavy (non-hydrogen) atoms. The van der Waals surface area contributed by atoms with Gasteiger partial charge in [0, 0.05) is 12.3 Å². The molecular weight excluding hydrogens is 240 g/mol. The molecule has 1 atom stereocenters. The number of nitrogens with one attached hydrogen (secondary N) is 2. The van der Waals surface area contributed by atoms with E-state index in [4.69, 9.17) is 5.73 Å². The second kappa shape index (κ2) is 6.19. The van der Waals surface area contributed by atoms with E-state index in [1.54, 1.807) is 5.38 Å². The van der Waals surface area contributed by atoms with Crippen molar-refractivity contribution in [2.24, 2.45) is 0 Å². The molecule has 0 aliphatic heterocycles. The summed E-state index contributed by atoms with van der Waals surface area (Å²) in [6.07, 6.45) is 0.546. The van der Waals surface area contributed by atoms with Gasteiger partial charge in [0.1, 0.15) is 6.04 Å². The van der Waals surface area contributed by atoms with Crippen molar-refractivity contribution >= 4 is 28.3 Å². The Labute approximate surface area is 104 Å². The fourth-order valence-electron chi connectivity index (χ4n) is 1.30. The first-order chi connectivity index (χ1) is 8.02. The van der Waals surface area contributed by atoms with Gasteiger partial charge in [-0.15, -0.1) is 11.3 Å². The average molecular weight is 256 g/mol. The molecular formula is C10H16N4O2S. The standard InChI is InChI=1S/C10H16N4O2S/c1-3-8(13-6(2)15)9(16)12-4-7-5-17-10(11)14-7/h5,8H,3-4H2,1-2H3,(H2,11,14)(H,12,16)(H,13,15)/t8-/m0/s1. The summed E-state index contributed by atoms with van der Waals surface area (Å²) in [6, 6.07) is -0.497. The summed E-state index contributed by atoms with van der Waals surface area (Å²) in [7, 11) is 0. The molecule has 1 heterocycles. The van der Waals surface area contributed by atoms with Gasteiger partial charge in [-0.05, 0) is 6.42 Å². The Morgan fingerprint density at radius 2 is 2.29 bits per heavy atom. The zero-order chi connectivity index (χ0) is 12.8. The summed E-state index contributed by atoms with van der Waals surface area (Å²) in [5.41, 5.74) is 6.20. The number of amides is 2. The Kier molecular flexibility index (Phi) is 4.89. The predicted molar refractivity (Wildman–Crippen MR) is 66.3 cm³/mol. The fraction of sp³-hybridized carbons (Fsp3) is 0.500. The maximum absolute atomic E-state index is 11.7. The zero-order valence-electron chi connectivity index (χ0n) is 9.82. The van der Waals surface area contributed by atoms with Crippen molar-refractivity contribution in [1.82, 2.24) is 15.6 Å². The highest BCUT2D eigenvalue weighted by atomic mass is 32.1. The third-order valence-corrected chi connectivity index (χ3v) is 2.84. The van der Waals surface area contributed by atoms with Crippen molar-refractivity contribution in [3.63, 3.8) is 0 Å². The Morgan fingerprint density at radius 3 is 2.76 bits per heavy atom. The van der Waals surface area contributed by atoms with Crippen LogP contribution in [-0.4, -0.2) is 22.8 Å². The van der Waals surface area contributed by atoms with Crippen molar-refractivity contribution in [3.05, 3.63) is 11.1 Å². The normalized spacial score (nSPS) is 11.9. The molecule has 0 unspecified atom stereocenters. The number of carbonyl (C=O) groups is 2. The molecule has 6 nitrogen and oxygen atoms in total. The van der Waals surface area contributed by atoms with E-state index >= 15 is 0 Å². The van der Waals surface area contributed by atoms with Gasteiger partial charge in [-0.3, -0.25) is 9.59 Å². The lowest BCUT2D eigenvalue weighted by Gasteiger charge is -2.14. The van der Waals surface area contributed by atoms with Crippen LogP contribution in [0.1, 0.15) is 26.0 Å². The summed E-state index contributed by atoms with van der Waals surface area (Å²) in [5.74, 6) is -0.431. The smallest absolute Gasteiger partial charge is 0.242 e. The minimum absolute atomic E-state index is 0.214. The number of nitrogens with two attached hydrogens (primary N) is 1. The number of aromatic nitrogens is 1. The van der Waals surface area contributed by atoms with Crippen LogP contribution in [0, 0.1) is 0 Å². The topological polar surface area (TPSA) is 97.1 Å². The van der Waals surface area contributed by atoms with Crippen LogP contribution in [0.4, 0.5) is 5.13 Å². The Hall–Kier alpha value is -1.63. The van der Waals surface area contributed by atoms with Crippen LogP contribution in [0.15, 0.2) is 5.38 Å². The van der Waals surface area contributed by atoms with Gasteiger partial charge in [0.25, 0.3) is 0 Å². The first-order valence-corrected chi connectivity index (χ1v) is 6.15. The van der Waals surface area contributed by atoms with Crippen molar-refractivity contribution in [3.8, 4) is 0 Å². The molecule has 1 aromatic heterocycles. The van der Waals surface area contributed by atoms with Gasteiger partial charge in [-0.25, -0.2) is 4.98 Å². The molecule has 0 radical (unpaired) electrons. The molecule has 0 saturated heterocycles. The summed E-state index contributed by atoms with van der Waals surface area (Å²) in [6.45, 7) is 3.54. The van der Waals surface area contributed by atoms with E-state index < -0.39 is 6.04 Å². The number of rotatable bonds is 5. The molecule has 0 aliphatic rings. The van der Waals surface area contributed by atoms with E-state index in [0.717, 1.165) is 5.69 Å². The van der Waals surface area contributed by atoms with Crippen LogP contribution in [0.25, 0.3) is 0 Å². The molecule has 1 aromatic rings. The third kappa shape index (κ3) is 4.39. The summed E-state index contributed by atoms with van der Waals surface area (Å²) < 4.78 is 0. The molecule has 0 bridgehead atoms. The molecule has 0 aliphatic carbocycles. The van der Waals surface area contributed by atoms with Gasteiger partial charge in [0.05, 0.1) is 12.2 Å². The van der Waals surface area contributed by atoms with Crippen molar-refractivity contribution in [2.75, 3.05) is 5.73 Å². The molecule has 94 valence electrons. The average Bonchev–Trinajstić information content (AvgIpc) is 2.68. The zero-order valence-corrected chi connectivity index (χ0v) is 10.6. The number of hydrogen-bond donors (Lipinski definition) is 3. The quantitative estimate of drug-likeness (QED) is 0.703. The number of nitrogen functional groups attached to an aromatic ring is 1. The lowest BCUT2D eigenvalue weighted by molar-refractivity contribution is -0.128. The lowest BCUT2D eigenvalue weighted by atomic mass is 10.2.